The molecule has 2 aromatic rings. The van der Waals surface area contributed by atoms with E-state index in [-0.39, 0.29) is 11.6 Å². The third kappa shape index (κ3) is 2.89. The molecule has 3 nitrogen and oxygen atoms in total. The maximum atomic E-state index is 13.4. The molecule has 1 heterocycles. The van der Waals surface area contributed by atoms with Gasteiger partial charge in [0.25, 0.3) is 5.91 Å². The number of nitrogens with zero attached hydrogens (tertiary/aromatic N) is 1. The molecule has 0 saturated carbocycles. The Morgan fingerprint density at radius 1 is 1.19 bits per heavy atom. The van der Waals surface area contributed by atoms with Crippen molar-refractivity contribution in [3.8, 4) is 0 Å². The number of likely N-dealkylation sites (tertiary alicyclic amines) is 1. The maximum Gasteiger partial charge on any atom is 0.254 e. The first-order valence-corrected chi connectivity index (χ1v) is 7.04. The lowest BCUT2D eigenvalue weighted by Crippen LogP contribution is -2.28. The summed E-state index contributed by atoms with van der Waals surface area (Å²) in [6.07, 6.45) is 0.931. The number of hydrogen-bond donors (Lipinski definition) is 1. The van der Waals surface area contributed by atoms with E-state index in [0.717, 1.165) is 6.42 Å². The molecule has 0 spiro atoms. The SMILES string of the molecule is Nc1cc(F)cc(C(=O)N2CCC(c3ccccc3)C2)c1. The minimum absolute atomic E-state index is 0.153. The molecule has 1 amide bonds. The van der Waals surface area contributed by atoms with E-state index in [1.807, 2.05) is 18.2 Å². The molecule has 21 heavy (non-hydrogen) atoms. The van der Waals surface area contributed by atoms with Crippen molar-refractivity contribution in [2.45, 2.75) is 12.3 Å². The summed E-state index contributed by atoms with van der Waals surface area (Å²) in [5.74, 6) is -0.280. The Balaban J connectivity index is 1.75. The molecular formula is C17H17FN2O. The van der Waals surface area contributed by atoms with Gasteiger partial charge in [0.05, 0.1) is 0 Å². The number of halogens is 1. The Hall–Kier alpha value is -2.36. The Labute approximate surface area is 123 Å². The third-order valence-corrected chi connectivity index (χ3v) is 3.91. The van der Waals surface area contributed by atoms with Crippen LogP contribution >= 0.6 is 0 Å². The van der Waals surface area contributed by atoms with Crippen LogP contribution in [-0.2, 0) is 0 Å². The normalized spacial score (nSPS) is 18.0. The number of nitrogen functional groups attached to an aromatic ring is 1. The van der Waals surface area contributed by atoms with Crippen molar-refractivity contribution >= 4 is 11.6 Å². The van der Waals surface area contributed by atoms with Crippen LogP contribution in [0, 0.1) is 5.82 Å². The number of benzene rings is 2. The highest BCUT2D eigenvalue weighted by atomic mass is 19.1. The van der Waals surface area contributed by atoms with Gasteiger partial charge in [-0.25, -0.2) is 4.39 Å². The number of carbonyl (C=O) groups excluding carboxylic acids is 1. The van der Waals surface area contributed by atoms with E-state index in [1.165, 1.54) is 23.8 Å². The molecular weight excluding hydrogens is 267 g/mol. The molecule has 2 N–H and O–H groups in total. The van der Waals surface area contributed by atoms with Crippen LogP contribution in [0.25, 0.3) is 0 Å². The van der Waals surface area contributed by atoms with Gasteiger partial charge in [-0.3, -0.25) is 4.79 Å². The summed E-state index contributed by atoms with van der Waals surface area (Å²) in [7, 11) is 0. The van der Waals surface area contributed by atoms with Gasteiger partial charge in [0.15, 0.2) is 0 Å². The largest absolute Gasteiger partial charge is 0.399 e. The van der Waals surface area contributed by atoms with E-state index in [4.69, 9.17) is 5.73 Å². The number of nitrogens with two attached hydrogens (primary N) is 1. The lowest BCUT2D eigenvalue weighted by atomic mass is 9.99. The van der Waals surface area contributed by atoms with Crippen molar-refractivity contribution in [2.75, 3.05) is 18.8 Å². The molecule has 0 radical (unpaired) electrons. The van der Waals surface area contributed by atoms with Crippen LogP contribution in [0.5, 0.6) is 0 Å². The smallest absolute Gasteiger partial charge is 0.254 e. The number of carbonyl (C=O) groups is 1. The lowest BCUT2D eigenvalue weighted by Gasteiger charge is -2.17. The molecule has 3 rings (SSSR count). The van der Waals surface area contributed by atoms with Crippen molar-refractivity contribution < 1.29 is 9.18 Å². The average molecular weight is 284 g/mol. The molecule has 4 heteroatoms. The van der Waals surface area contributed by atoms with Crippen LogP contribution in [0.15, 0.2) is 48.5 Å². The standard InChI is InChI=1S/C17H17FN2O/c18-15-8-14(9-16(19)10-15)17(21)20-7-6-13(11-20)12-4-2-1-3-5-12/h1-5,8-10,13H,6-7,11,19H2. The van der Waals surface area contributed by atoms with Crippen molar-refractivity contribution in [1.29, 1.82) is 0 Å². The first-order valence-electron chi connectivity index (χ1n) is 7.04. The zero-order chi connectivity index (χ0) is 14.8. The number of rotatable bonds is 2. The number of hydrogen-bond acceptors (Lipinski definition) is 2. The van der Waals surface area contributed by atoms with Gasteiger partial charge in [0.1, 0.15) is 5.82 Å². The van der Waals surface area contributed by atoms with Crippen molar-refractivity contribution in [2.24, 2.45) is 0 Å². The van der Waals surface area contributed by atoms with Gasteiger partial charge < -0.3 is 10.6 Å². The molecule has 2 aromatic carbocycles. The second-order valence-electron chi connectivity index (χ2n) is 5.42. The molecule has 108 valence electrons. The van der Waals surface area contributed by atoms with Crippen molar-refractivity contribution in [3.63, 3.8) is 0 Å². The van der Waals surface area contributed by atoms with E-state index in [9.17, 15) is 9.18 Å². The predicted octanol–water partition coefficient (Wildman–Crippen LogP) is 3.04. The highest BCUT2D eigenvalue weighted by Gasteiger charge is 2.28. The summed E-state index contributed by atoms with van der Waals surface area (Å²) in [5.41, 5.74) is 7.44. The Morgan fingerprint density at radius 2 is 1.95 bits per heavy atom. The first-order chi connectivity index (χ1) is 10.1. The fraction of sp³-hybridized carbons (Fsp3) is 0.235. The molecule has 1 fully saturated rings. The fourth-order valence-electron chi connectivity index (χ4n) is 2.86. The zero-order valence-electron chi connectivity index (χ0n) is 11.6. The zero-order valence-corrected chi connectivity index (χ0v) is 11.6. The summed E-state index contributed by atoms with van der Waals surface area (Å²) in [4.78, 5) is 14.2. The molecule has 0 bridgehead atoms. The number of amides is 1. The van der Waals surface area contributed by atoms with E-state index < -0.39 is 5.82 Å². The maximum absolute atomic E-state index is 13.4. The van der Waals surface area contributed by atoms with Crippen LogP contribution < -0.4 is 5.73 Å². The summed E-state index contributed by atoms with van der Waals surface area (Å²) >= 11 is 0. The summed E-state index contributed by atoms with van der Waals surface area (Å²) in [6, 6.07) is 14.2. The van der Waals surface area contributed by atoms with Crippen LogP contribution in [0.2, 0.25) is 0 Å². The Morgan fingerprint density at radius 3 is 2.67 bits per heavy atom. The molecule has 1 saturated heterocycles. The number of anilines is 1. The molecule has 1 aliphatic rings. The summed E-state index contributed by atoms with van der Waals surface area (Å²) in [5, 5.41) is 0. The van der Waals surface area contributed by atoms with E-state index in [0.29, 0.717) is 24.6 Å². The minimum Gasteiger partial charge on any atom is -0.399 e. The van der Waals surface area contributed by atoms with E-state index >= 15 is 0 Å². The summed E-state index contributed by atoms with van der Waals surface area (Å²) in [6.45, 7) is 1.36. The van der Waals surface area contributed by atoms with Gasteiger partial charge >= 0.3 is 0 Å². The van der Waals surface area contributed by atoms with E-state index in [1.54, 1.807) is 4.90 Å². The van der Waals surface area contributed by atoms with Crippen molar-refractivity contribution in [3.05, 3.63) is 65.5 Å². The monoisotopic (exact) mass is 284 g/mol. The second-order valence-corrected chi connectivity index (χ2v) is 5.42. The van der Waals surface area contributed by atoms with Gasteiger partial charge in [-0.15, -0.1) is 0 Å². The molecule has 1 aliphatic heterocycles. The Kier molecular flexibility index (Phi) is 3.60. The quantitative estimate of drug-likeness (QED) is 0.862. The highest BCUT2D eigenvalue weighted by Crippen LogP contribution is 2.28. The Bertz CT molecular complexity index is 637. The molecule has 0 aromatic heterocycles. The van der Waals surface area contributed by atoms with Gasteiger partial charge in [0.2, 0.25) is 0 Å². The van der Waals surface area contributed by atoms with Crippen LogP contribution in [0.4, 0.5) is 10.1 Å². The van der Waals surface area contributed by atoms with Crippen LogP contribution in [0.1, 0.15) is 28.3 Å². The predicted molar refractivity (Wildman–Crippen MR) is 80.5 cm³/mol. The highest BCUT2D eigenvalue weighted by molar-refractivity contribution is 5.95. The molecule has 1 unspecified atom stereocenters. The summed E-state index contributed by atoms with van der Waals surface area (Å²) < 4.78 is 13.4. The van der Waals surface area contributed by atoms with Gasteiger partial charge in [-0.2, -0.15) is 0 Å². The topological polar surface area (TPSA) is 46.3 Å². The van der Waals surface area contributed by atoms with Crippen LogP contribution in [0.3, 0.4) is 0 Å². The van der Waals surface area contributed by atoms with Gasteiger partial charge in [-0.1, -0.05) is 30.3 Å². The average Bonchev–Trinajstić information content (AvgIpc) is 2.96. The van der Waals surface area contributed by atoms with E-state index in [2.05, 4.69) is 12.1 Å². The van der Waals surface area contributed by atoms with Crippen molar-refractivity contribution in [1.82, 2.24) is 4.90 Å². The fourth-order valence-corrected chi connectivity index (χ4v) is 2.86. The lowest BCUT2D eigenvalue weighted by molar-refractivity contribution is 0.0790. The third-order valence-electron chi connectivity index (χ3n) is 3.91. The molecule has 0 aliphatic carbocycles. The minimum atomic E-state index is -0.475. The first kappa shape index (κ1) is 13.6. The second kappa shape index (κ2) is 5.56. The molecule has 1 atom stereocenters. The van der Waals surface area contributed by atoms with Gasteiger partial charge in [-0.05, 0) is 30.2 Å². The van der Waals surface area contributed by atoms with Gasteiger partial charge in [0, 0.05) is 30.3 Å². The van der Waals surface area contributed by atoms with Crippen LogP contribution in [-0.4, -0.2) is 23.9 Å².